The van der Waals surface area contributed by atoms with E-state index in [9.17, 15) is 9.59 Å². The smallest absolute Gasteiger partial charge is 0.323 e. The molecule has 2 N–H and O–H groups in total. The average Bonchev–Trinajstić information content (AvgIpc) is 2.98. The Bertz CT molecular complexity index is 709. The van der Waals surface area contributed by atoms with E-state index in [1.165, 1.54) is 30.3 Å². The Morgan fingerprint density at radius 3 is 2.74 bits per heavy atom. The van der Waals surface area contributed by atoms with Crippen LogP contribution >= 0.6 is 11.6 Å². The maximum Gasteiger partial charge on any atom is 0.330 e. The molecule has 1 fully saturated rings. The number of hydrogen-bond acceptors (Lipinski definition) is 3. The quantitative estimate of drug-likeness (QED) is 0.840. The fourth-order valence-electron chi connectivity index (χ4n) is 2.83. The van der Waals surface area contributed by atoms with Crippen molar-refractivity contribution in [3.8, 4) is 0 Å². The summed E-state index contributed by atoms with van der Waals surface area (Å²) in [4.78, 5) is 32.5. The summed E-state index contributed by atoms with van der Waals surface area (Å²) >= 11 is 5.77. The third kappa shape index (κ3) is 2.32. The van der Waals surface area contributed by atoms with Crippen LogP contribution in [0.1, 0.15) is 32.1 Å². The van der Waals surface area contributed by atoms with E-state index >= 15 is 0 Å². The summed E-state index contributed by atoms with van der Waals surface area (Å²) in [7, 11) is 0. The summed E-state index contributed by atoms with van der Waals surface area (Å²) in [5, 5.41) is 0.126. The van der Waals surface area contributed by atoms with E-state index in [2.05, 4.69) is 15.0 Å². The van der Waals surface area contributed by atoms with Crippen molar-refractivity contribution >= 4 is 22.8 Å². The summed E-state index contributed by atoms with van der Waals surface area (Å²) in [6, 6.07) is 0. The molecule has 2 aromatic heterocycles. The monoisotopic (exact) mass is 282 g/mol. The first-order valence-electron chi connectivity index (χ1n) is 6.53. The number of aryl methyl sites for hydroxylation is 1. The van der Waals surface area contributed by atoms with Crippen LogP contribution in [0.2, 0.25) is 5.28 Å². The molecule has 1 aliphatic carbocycles. The molecule has 19 heavy (non-hydrogen) atoms. The van der Waals surface area contributed by atoms with Gasteiger partial charge in [0.2, 0.25) is 5.28 Å². The van der Waals surface area contributed by atoms with E-state index in [0.717, 1.165) is 6.42 Å². The summed E-state index contributed by atoms with van der Waals surface area (Å²) in [6.45, 7) is 0.567. The molecule has 0 unspecified atom stereocenters. The molecule has 7 heteroatoms. The molecule has 3 rings (SSSR count). The number of hydrogen-bond donors (Lipinski definition) is 2. The molecule has 2 heterocycles. The van der Waals surface area contributed by atoms with E-state index < -0.39 is 11.2 Å². The molecule has 0 saturated heterocycles. The summed E-state index contributed by atoms with van der Waals surface area (Å²) < 4.78 is 1.50. The van der Waals surface area contributed by atoms with Crippen molar-refractivity contribution in [1.29, 1.82) is 0 Å². The molecule has 102 valence electrons. The first-order valence-corrected chi connectivity index (χ1v) is 6.91. The normalized spacial score (nSPS) is 16.5. The Morgan fingerprint density at radius 1 is 1.26 bits per heavy atom. The molecule has 2 aromatic rings. The zero-order valence-corrected chi connectivity index (χ0v) is 11.2. The van der Waals surface area contributed by atoms with Crippen LogP contribution in [0, 0.1) is 5.92 Å². The highest BCUT2D eigenvalue weighted by molar-refractivity contribution is 6.28. The highest BCUT2D eigenvalue weighted by atomic mass is 35.5. The molecule has 0 radical (unpaired) electrons. The Kier molecular flexibility index (Phi) is 3.18. The van der Waals surface area contributed by atoms with Crippen molar-refractivity contribution in [1.82, 2.24) is 19.5 Å². The van der Waals surface area contributed by atoms with Crippen LogP contribution < -0.4 is 11.2 Å². The van der Waals surface area contributed by atoms with Crippen LogP contribution in [0.5, 0.6) is 0 Å². The molecule has 0 amide bonds. The van der Waals surface area contributed by atoms with Crippen LogP contribution in [-0.4, -0.2) is 19.5 Å². The fraction of sp³-hybridized carbons (Fsp3) is 0.583. The van der Waals surface area contributed by atoms with Crippen molar-refractivity contribution in [2.24, 2.45) is 5.92 Å². The number of fused-ring (bicyclic) bond motifs is 1. The van der Waals surface area contributed by atoms with E-state index in [4.69, 9.17) is 11.6 Å². The lowest BCUT2D eigenvalue weighted by atomic mass is 10.0. The maximum absolute atomic E-state index is 11.9. The van der Waals surface area contributed by atoms with Gasteiger partial charge in [-0.25, -0.2) is 4.79 Å². The molecule has 0 spiro atoms. The van der Waals surface area contributed by atoms with Gasteiger partial charge in [0.1, 0.15) is 0 Å². The van der Waals surface area contributed by atoms with Gasteiger partial charge in [0.25, 0.3) is 5.56 Å². The Hall–Kier alpha value is -1.56. The Labute approximate surface area is 113 Å². The number of rotatable bonds is 3. The first kappa shape index (κ1) is 12.5. The number of nitrogens with one attached hydrogen (secondary N) is 2. The SMILES string of the molecule is O=c1[nH]c(=O)n(CCC2CCCC2)c2nc(Cl)[nH]c12. The number of imidazole rings is 1. The van der Waals surface area contributed by atoms with Gasteiger partial charge in [0.15, 0.2) is 11.2 Å². The van der Waals surface area contributed by atoms with Crippen LogP contribution in [0.4, 0.5) is 0 Å². The third-order valence-corrected chi connectivity index (χ3v) is 4.02. The number of H-pyrrole nitrogens is 2. The number of halogens is 1. The Balaban J connectivity index is 1.97. The van der Waals surface area contributed by atoms with Gasteiger partial charge in [0.05, 0.1) is 0 Å². The molecule has 1 aliphatic rings. The second kappa shape index (κ2) is 4.85. The molecule has 1 saturated carbocycles. The predicted octanol–water partition coefficient (Wildman–Crippen LogP) is 1.65. The van der Waals surface area contributed by atoms with Gasteiger partial charge >= 0.3 is 5.69 Å². The second-order valence-corrected chi connectivity index (χ2v) is 5.43. The molecule has 0 aliphatic heterocycles. The van der Waals surface area contributed by atoms with Crippen molar-refractivity contribution in [2.75, 3.05) is 0 Å². The van der Waals surface area contributed by atoms with Crippen LogP contribution in [-0.2, 0) is 6.54 Å². The average molecular weight is 283 g/mol. The van der Waals surface area contributed by atoms with Gasteiger partial charge in [-0.05, 0) is 23.9 Å². The molecule has 6 nitrogen and oxygen atoms in total. The maximum atomic E-state index is 11.9. The lowest BCUT2D eigenvalue weighted by Crippen LogP contribution is -2.30. The van der Waals surface area contributed by atoms with Crippen molar-refractivity contribution < 1.29 is 0 Å². The van der Waals surface area contributed by atoms with Gasteiger partial charge < -0.3 is 4.98 Å². The predicted molar refractivity (Wildman–Crippen MR) is 72.6 cm³/mol. The second-order valence-electron chi connectivity index (χ2n) is 5.08. The number of aromatic nitrogens is 4. The molecular weight excluding hydrogens is 268 g/mol. The highest BCUT2D eigenvalue weighted by Crippen LogP contribution is 2.27. The largest absolute Gasteiger partial charge is 0.330 e. The minimum Gasteiger partial charge on any atom is -0.323 e. The lowest BCUT2D eigenvalue weighted by molar-refractivity contribution is 0.454. The molecule has 0 atom stereocenters. The standard InChI is InChI=1S/C12H15ClN4O2/c13-11-14-8-9(15-11)17(12(19)16-10(8)18)6-5-7-3-1-2-4-7/h7H,1-6H2,(H,14,15)(H,16,18,19). The van der Waals surface area contributed by atoms with Crippen molar-refractivity contribution in [3.63, 3.8) is 0 Å². The zero-order chi connectivity index (χ0) is 13.4. The van der Waals surface area contributed by atoms with Crippen molar-refractivity contribution in [3.05, 3.63) is 26.1 Å². The van der Waals surface area contributed by atoms with Gasteiger partial charge in [0, 0.05) is 6.54 Å². The van der Waals surface area contributed by atoms with Gasteiger partial charge in [-0.1, -0.05) is 25.7 Å². The van der Waals surface area contributed by atoms with Crippen LogP contribution in [0.3, 0.4) is 0 Å². The summed E-state index contributed by atoms with van der Waals surface area (Å²) in [6.07, 6.45) is 5.93. The zero-order valence-electron chi connectivity index (χ0n) is 10.4. The van der Waals surface area contributed by atoms with Crippen LogP contribution in [0.25, 0.3) is 11.2 Å². The van der Waals surface area contributed by atoms with E-state index in [1.54, 1.807) is 0 Å². The molecular formula is C12H15ClN4O2. The topological polar surface area (TPSA) is 83.5 Å². The number of nitrogens with zero attached hydrogens (tertiary/aromatic N) is 2. The van der Waals surface area contributed by atoms with E-state index in [-0.39, 0.29) is 10.8 Å². The van der Waals surface area contributed by atoms with E-state index in [1.807, 2.05) is 0 Å². The summed E-state index contributed by atoms with van der Waals surface area (Å²) in [5.41, 5.74) is -0.289. The highest BCUT2D eigenvalue weighted by Gasteiger charge is 2.17. The van der Waals surface area contributed by atoms with Crippen molar-refractivity contribution in [2.45, 2.75) is 38.6 Å². The minimum atomic E-state index is -0.475. The van der Waals surface area contributed by atoms with E-state index in [0.29, 0.717) is 18.1 Å². The van der Waals surface area contributed by atoms with Crippen LogP contribution in [0.15, 0.2) is 9.59 Å². The van der Waals surface area contributed by atoms with Gasteiger partial charge in [-0.3, -0.25) is 14.3 Å². The lowest BCUT2D eigenvalue weighted by Gasteiger charge is -2.10. The molecule has 0 aromatic carbocycles. The fourth-order valence-corrected chi connectivity index (χ4v) is 3.01. The number of aromatic amines is 2. The van der Waals surface area contributed by atoms with Gasteiger partial charge in [-0.2, -0.15) is 4.98 Å². The summed E-state index contributed by atoms with van der Waals surface area (Å²) in [5.74, 6) is 0.670. The van der Waals surface area contributed by atoms with Gasteiger partial charge in [-0.15, -0.1) is 0 Å². The molecule has 0 bridgehead atoms. The first-order chi connectivity index (χ1) is 9.15. The third-order valence-electron chi connectivity index (χ3n) is 3.84. The Morgan fingerprint density at radius 2 is 2.00 bits per heavy atom. The minimum absolute atomic E-state index is 0.126.